The second-order valence-corrected chi connectivity index (χ2v) is 10.4. The molecule has 1 aliphatic rings. The summed E-state index contributed by atoms with van der Waals surface area (Å²) in [6, 6.07) is 16.1. The fourth-order valence-electron chi connectivity index (χ4n) is 4.43. The van der Waals surface area contributed by atoms with Crippen molar-refractivity contribution >= 4 is 38.4 Å². The van der Waals surface area contributed by atoms with Gasteiger partial charge in [0, 0.05) is 29.9 Å². The van der Waals surface area contributed by atoms with Crippen molar-refractivity contribution in [3.63, 3.8) is 0 Å². The molecular weight excluding hydrogens is 434 g/mol. The van der Waals surface area contributed by atoms with Crippen molar-refractivity contribution in [2.75, 3.05) is 24.7 Å². The van der Waals surface area contributed by atoms with Crippen molar-refractivity contribution in [1.82, 2.24) is 9.29 Å². The zero-order chi connectivity index (χ0) is 22.0. The van der Waals surface area contributed by atoms with Crippen LogP contribution in [-0.2, 0) is 10.0 Å². The lowest BCUT2D eigenvalue weighted by atomic mass is 9.87. The van der Waals surface area contributed by atoms with Gasteiger partial charge in [-0.1, -0.05) is 36.4 Å². The van der Waals surface area contributed by atoms with E-state index < -0.39 is 15.9 Å². The predicted octanol–water partition coefficient (Wildman–Crippen LogP) is 4.07. The molecule has 1 amide bonds. The van der Waals surface area contributed by atoms with E-state index in [0.29, 0.717) is 43.9 Å². The topological polar surface area (TPSA) is 96.3 Å². The van der Waals surface area contributed by atoms with Crippen LogP contribution >= 0.6 is 11.6 Å². The molecule has 2 aromatic carbocycles. The van der Waals surface area contributed by atoms with E-state index in [1.54, 1.807) is 4.31 Å². The van der Waals surface area contributed by atoms with Gasteiger partial charge in [-0.15, -0.1) is 11.6 Å². The molecule has 6 nitrogen and oxygen atoms in total. The second kappa shape index (κ2) is 9.02. The quantitative estimate of drug-likeness (QED) is 0.521. The minimum Gasteiger partial charge on any atom is -0.364 e. The normalized spacial score (nSPS) is 16.0. The van der Waals surface area contributed by atoms with Crippen LogP contribution in [0.15, 0.2) is 48.5 Å². The number of halogens is 1. The molecule has 31 heavy (non-hydrogen) atoms. The smallest absolute Gasteiger partial charge is 0.265 e. The Morgan fingerprint density at radius 2 is 1.81 bits per heavy atom. The average molecular weight is 460 g/mol. The van der Waals surface area contributed by atoms with Crippen molar-refractivity contribution in [2.45, 2.75) is 25.2 Å². The molecule has 1 saturated heterocycles. The first-order chi connectivity index (χ1) is 14.9. The second-order valence-electron chi connectivity index (χ2n) is 7.94. The molecule has 3 aromatic rings. The van der Waals surface area contributed by atoms with E-state index in [4.69, 9.17) is 17.3 Å². The molecule has 0 bridgehead atoms. The number of hydrogen-bond donors (Lipinski definition) is 2. The highest BCUT2D eigenvalue weighted by Crippen LogP contribution is 2.38. The average Bonchev–Trinajstić information content (AvgIpc) is 3.17. The number of nitrogens with zero attached hydrogens (tertiary/aromatic N) is 1. The summed E-state index contributed by atoms with van der Waals surface area (Å²) in [5.74, 6) is -0.0378. The Balaban J connectivity index is 1.67. The summed E-state index contributed by atoms with van der Waals surface area (Å²) in [6.45, 7) is 0.858. The van der Waals surface area contributed by atoms with Gasteiger partial charge in [-0.2, -0.15) is 0 Å². The van der Waals surface area contributed by atoms with Crippen LogP contribution in [0.3, 0.4) is 0 Å². The number of carbonyl (C=O) groups is 1. The highest BCUT2D eigenvalue weighted by atomic mass is 35.5. The first-order valence-corrected chi connectivity index (χ1v) is 12.6. The number of nitrogens with two attached hydrogens (primary N) is 1. The molecule has 3 N–H and O–H groups in total. The maximum atomic E-state index is 12.5. The molecule has 0 radical (unpaired) electrons. The van der Waals surface area contributed by atoms with Gasteiger partial charge in [0.05, 0.1) is 5.75 Å². The van der Waals surface area contributed by atoms with Crippen molar-refractivity contribution in [3.05, 3.63) is 59.8 Å². The number of aromatic nitrogens is 1. The van der Waals surface area contributed by atoms with Crippen molar-refractivity contribution < 1.29 is 13.2 Å². The van der Waals surface area contributed by atoms with Crippen LogP contribution in [0.2, 0.25) is 0 Å². The molecule has 0 unspecified atom stereocenters. The number of nitrogens with one attached hydrogen (secondary N) is 1. The zero-order valence-electron chi connectivity index (χ0n) is 17.2. The van der Waals surface area contributed by atoms with Gasteiger partial charge < -0.3 is 10.7 Å². The number of rotatable bonds is 7. The lowest BCUT2D eigenvalue weighted by Gasteiger charge is -2.31. The molecular formula is C23H26ClN3O3S. The van der Waals surface area contributed by atoms with E-state index in [9.17, 15) is 13.2 Å². The van der Waals surface area contributed by atoms with Crippen LogP contribution in [0.1, 0.15) is 41.2 Å². The first-order valence-electron chi connectivity index (χ1n) is 10.5. The Hall–Kier alpha value is -2.35. The van der Waals surface area contributed by atoms with Gasteiger partial charge in [0.1, 0.15) is 5.69 Å². The maximum Gasteiger partial charge on any atom is 0.265 e. The highest BCUT2D eigenvalue weighted by Gasteiger charge is 2.31. The first kappa shape index (κ1) is 21.9. The zero-order valence-corrected chi connectivity index (χ0v) is 18.8. The molecule has 2 heterocycles. The van der Waals surface area contributed by atoms with Gasteiger partial charge in [-0.3, -0.25) is 4.79 Å². The summed E-state index contributed by atoms with van der Waals surface area (Å²) in [7, 11) is -3.30. The molecule has 4 rings (SSSR count). The number of aromatic amines is 1. The molecule has 0 saturated carbocycles. The van der Waals surface area contributed by atoms with Crippen molar-refractivity contribution in [2.24, 2.45) is 5.73 Å². The number of hydrogen-bond acceptors (Lipinski definition) is 3. The van der Waals surface area contributed by atoms with Crippen molar-refractivity contribution in [3.8, 4) is 11.1 Å². The third-order valence-corrected chi connectivity index (χ3v) is 8.21. The summed E-state index contributed by atoms with van der Waals surface area (Å²) in [4.78, 5) is 15.4. The van der Waals surface area contributed by atoms with Gasteiger partial charge in [0.25, 0.3) is 5.91 Å². The van der Waals surface area contributed by atoms with Gasteiger partial charge in [-0.05, 0) is 54.0 Å². The lowest BCUT2D eigenvalue weighted by Crippen LogP contribution is -2.39. The van der Waals surface area contributed by atoms with E-state index in [1.165, 1.54) is 0 Å². The van der Waals surface area contributed by atoms with Gasteiger partial charge in [0.2, 0.25) is 10.0 Å². The van der Waals surface area contributed by atoms with Crippen molar-refractivity contribution in [1.29, 1.82) is 0 Å². The molecule has 164 valence electrons. The standard InChI is InChI=1S/C23H26ClN3O3S/c24-11-4-14-31(29,30)27-12-9-17(10-13-27)21-19-15-18(16-5-2-1-3-6-16)7-8-20(19)26-22(21)23(25)28/h1-3,5-8,15,17,26H,4,9-14H2,(H2,25,28). The molecule has 0 atom stereocenters. The number of H-pyrrole nitrogens is 1. The Morgan fingerprint density at radius 1 is 1.10 bits per heavy atom. The van der Waals surface area contributed by atoms with Gasteiger partial charge in [-0.25, -0.2) is 12.7 Å². The molecule has 8 heteroatoms. The number of piperidine rings is 1. The van der Waals surface area contributed by atoms with Gasteiger partial charge in [0.15, 0.2) is 0 Å². The van der Waals surface area contributed by atoms with E-state index in [0.717, 1.165) is 27.6 Å². The monoisotopic (exact) mass is 459 g/mol. The van der Waals surface area contributed by atoms with E-state index in [2.05, 4.69) is 11.1 Å². The number of fused-ring (bicyclic) bond motifs is 1. The molecule has 1 aromatic heterocycles. The molecule has 0 aliphatic carbocycles. The number of amides is 1. The number of sulfonamides is 1. The third kappa shape index (κ3) is 4.49. The van der Waals surface area contributed by atoms with Crippen LogP contribution < -0.4 is 5.73 Å². The fourth-order valence-corrected chi connectivity index (χ4v) is 6.26. The van der Waals surface area contributed by atoms with E-state index in [1.807, 2.05) is 42.5 Å². The summed E-state index contributed by atoms with van der Waals surface area (Å²) in [6.07, 6.45) is 1.73. The number of carbonyl (C=O) groups excluding carboxylic acids is 1. The van der Waals surface area contributed by atoms with Gasteiger partial charge >= 0.3 is 0 Å². The summed E-state index contributed by atoms with van der Waals surface area (Å²) < 4.78 is 26.6. The highest BCUT2D eigenvalue weighted by molar-refractivity contribution is 7.89. The molecule has 0 spiro atoms. The minimum absolute atomic E-state index is 0.0572. The number of benzene rings is 2. The van der Waals surface area contributed by atoms with E-state index >= 15 is 0 Å². The Labute approximate surface area is 187 Å². The molecule has 1 aliphatic heterocycles. The Morgan fingerprint density at radius 3 is 2.45 bits per heavy atom. The largest absolute Gasteiger partial charge is 0.364 e. The van der Waals surface area contributed by atoms with Crippen LogP contribution in [0.4, 0.5) is 0 Å². The number of primary amides is 1. The third-order valence-electron chi connectivity index (χ3n) is 5.98. The van der Waals surface area contributed by atoms with Crippen LogP contribution in [-0.4, -0.2) is 48.3 Å². The van der Waals surface area contributed by atoms with Crippen LogP contribution in [0.5, 0.6) is 0 Å². The number of alkyl halides is 1. The SMILES string of the molecule is NC(=O)c1[nH]c2ccc(-c3ccccc3)cc2c1C1CCN(S(=O)(=O)CCCCl)CC1. The molecule has 1 fully saturated rings. The van der Waals surface area contributed by atoms with E-state index in [-0.39, 0.29) is 11.7 Å². The van der Waals surface area contributed by atoms with Crippen LogP contribution in [0, 0.1) is 0 Å². The van der Waals surface area contributed by atoms with Crippen LogP contribution in [0.25, 0.3) is 22.0 Å². The minimum atomic E-state index is -3.30. The Bertz CT molecular complexity index is 1180. The predicted molar refractivity (Wildman–Crippen MR) is 125 cm³/mol. The summed E-state index contributed by atoms with van der Waals surface area (Å²) in [5, 5.41) is 0.971. The summed E-state index contributed by atoms with van der Waals surface area (Å²) >= 11 is 5.67. The fraction of sp³-hybridized carbons (Fsp3) is 0.348. The summed E-state index contributed by atoms with van der Waals surface area (Å²) in [5.41, 5.74) is 10.0. The lowest BCUT2D eigenvalue weighted by molar-refractivity contribution is 0.0994. The maximum absolute atomic E-state index is 12.5. The Kier molecular flexibility index (Phi) is 6.36.